The third-order valence-corrected chi connectivity index (χ3v) is 15.5. The van der Waals surface area contributed by atoms with Crippen LogP contribution in [-0.2, 0) is 23.8 Å². The van der Waals surface area contributed by atoms with E-state index >= 15 is 0 Å². The number of hydrogen-bond donors (Lipinski definition) is 6. The maximum atomic E-state index is 13.4. The Labute approximate surface area is 507 Å². The van der Waals surface area contributed by atoms with Gasteiger partial charge in [0.05, 0.1) is 25.4 Å². The molecule has 0 spiro atoms. The van der Waals surface area contributed by atoms with Crippen molar-refractivity contribution in [2.24, 2.45) is 0 Å². The second-order valence-corrected chi connectivity index (χ2v) is 23.2. The van der Waals surface area contributed by atoms with E-state index in [1.54, 1.807) is 12.2 Å². The van der Waals surface area contributed by atoms with Crippen molar-refractivity contribution in [2.75, 3.05) is 13.2 Å². The van der Waals surface area contributed by atoms with Gasteiger partial charge >= 0.3 is 5.97 Å². The molecule has 1 aliphatic heterocycles. The standard InChI is InChI=1S/C72H125NO10/c1-4-7-10-13-16-19-22-25-27-29-31-32-33-34-35-37-39-42-45-48-51-54-57-60-67(77)83-70-69(79)68(78)66(61-74)82-72(70)81-62-63(64(75)58-55-52-49-46-43-40-24-21-18-15-12-9-6-3)73-71(80)65(76)59-56-53-50-47-44-41-38-36-30-28-26-23-20-17-14-11-8-5-2/h8,11,17,20,25-28,36,38,44,47,53,55-56,58,63-66,68-70,72,74-76,78-79H,4-7,9-10,12-16,18-19,21-24,29-35,37,39-43,45-46,48-52,54,57,59-62H2,1-3H3,(H,73,80)/b11-8-,20-17-,27-25+,28-26-,38-36-,47-44-,56-53-,58-55+. The summed E-state index contributed by atoms with van der Waals surface area (Å²) in [6.07, 6.45) is 68.9. The Hall–Kier alpha value is -3.42. The lowest BCUT2D eigenvalue weighted by molar-refractivity contribution is -0.305. The van der Waals surface area contributed by atoms with Gasteiger partial charge in [-0.3, -0.25) is 9.59 Å². The molecule has 11 nitrogen and oxygen atoms in total. The number of amides is 1. The normalized spacial score (nSPS) is 19.2. The molecule has 0 radical (unpaired) electrons. The molecule has 1 amide bonds. The van der Waals surface area contributed by atoms with E-state index in [0.717, 1.165) is 77.0 Å². The number of carbonyl (C=O) groups is 2. The molecule has 0 aliphatic carbocycles. The molecule has 0 aromatic carbocycles. The van der Waals surface area contributed by atoms with E-state index in [2.05, 4.69) is 92.9 Å². The summed E-state index contributed by atoms with van der Waals surface area (Å²) in [4.78, 5) is 26.6. The highest BCUT2D eigenvalue weighted by Gasteiger charge is 2.47. The van der Waals surface area contributed by atoms with Gasteiger partial charge in [0.25, 0.3) is 0 Å². The molecule has 8 atom stereocenters. The van der Waals surface area contributed by atoms with Crippen molar-refractivity contribution >= 4 is 11.9 Å². The molecule has 1 heterocycles. The van der Waals surface area contributed by atoms with Crippen molar-refractivity contribution in [1.29, 1.82) is 0 Å². The van der Waals surface area contributed by atoms with Crippen LogP contribution in [0.2, 0.25) is 0 Å². The summed E-state index contributed by atoms with van der Waals surface area (Å²) < 4.78 is 17.6. The van der Waals surface area contributed by atoms with Gasteiger partial charge in [0.2, 0.25) is 5.91 Å². The van der Waals surface area contributed by atoms with Crippen LogP contribution in [0.3, 0.4) is 0 Å². The van der Waals surface area contributed by atoms with Gasteiger partial charge in [0.1, 0.15) is 24.4 Å². The van der Waals surface area contributed by atoms with Crippen molar-refractivity contribution in [3.63, 3.8) is 0 Å². The van der Waals surface area contributed by atoms with Crippen molar-refractivity contribution in [3.05, 3.63) is 97.2 Å². The van der Waals surface area contributed by atoms with E-state index in [-0.39, 0.29) is 19.4 Å². The number of aliphatic hydroxyl groups is 5. The Morgan fingerprint density at radius 1 is 0.482 bits per heavy atom. The molecule has 6 N–H and O–H groups in total. The summed E-state index contributed by atoms with van der Waals surface area (Å²) in [6.45, 7) is 5.65. The molecule has 478 valence electrons. The minimum absolute atomic E-state index is 0.0548. The predicted octanol–water partition coefficient (Wildman–Crippen LogP) is 17.1. The van der Waals surface area contributed by atoms with Crippen LogP contribution >= 0.6 is 0 Å². The zero-order valence-corrected chi connectivity index (χ0v) is 53.0. The van der Waals surface area contributed by atoms with Crippen LogP contribution in [0.25, 0.3) is 0 Å². The molecule has 1 fully saturated rings. The maximum absolute atomic E-state index is 13.4. The SMILES string of the molecule is CC/C=C\C/C=C\C/C=C\C/C=C\C/C=C\C/C=C\CC(O)C(=O)NC(COC1OC(CO)C(O)C(O)C1OC(=O)CCCCCCCCCCCCCCC/C=C/CCCCCCCC)C(O)/C=C/CCCCCCCCCCCCC. The largest absolute Gasteiger partial charge is 0.454 e. The lowest BCUT2D eigenvalue weighted by atomic mass is 9.99. The lowest BCUT2D eigenvalue weighted by Gasteiger charge is -2.41. The molecule has 11 heteroatoms. The molecule has 8 unspecified atom stereocenters. The average molecular weight is 1160 g/mol. The number of rotatable bonds is 57. The van der Waals surface area contributed by atoms with Gasteiger partial charge in [-0.05, 0) is 83.5 Å². The minimum atomic E-state index is -1.63. The number of nitrogens with one attached hydrogen (secondary N) is 1. The van der Waals surface area contributed by atoms with Gasteiger partial charge < -0.3 is 45.1 Å². The minimum Gasteiger partial charge on any atom is -0.454 e. The number of unbranched alkanes of at least 4 members (excludes halogenated alkanes) is 30. The van der Waals surface area contributed by atoms with Crippen molar-refractivity contribution < 1.29 is 49.3 Å². The Morgan fingerprint density at radius 2 is 0.867 bits per heavy atom. The lowest BCUT2D eigenvalue weighted by Crippen LogP contribution is -2.61. The van der Waals surface area contributed by atoms with Gasteiger partial charge in [-0.15, -0.1) is 0 Å². The summed E-state index contributed by atoms with van der Waals surface area (Å²) in [5.41, 5.74) is 0. The molecule has 1 rings (SSSR count). The number of allylic oxidation sites excluding steroid dienone is 14. The molecule has 0 aromatic heterocycles. The number of carbonyl (C=O) groups excluding carboxylic acids is 2. The third kappa shape index (κ3) is 46.5. The average Bonchev–Trinajstić information content (AvgIpc) is 3.54. The Morgan fingerprint density at radius 3 is 1.29 bits per heavy atom. The van der Waals surface area contributed by atoms with Crippen molar-refractivity contribution in [1.82, 2.24) is 5.32 Å². The van der Waals surface area contributed by atoms with Gasteiger partial charge in [0, 0.05) is 12.8 Å². The van der Waals surface area contributed by atoms with Gasteiger partial charge in [-0.2, -0.15) is 0 Å². The highest BCUT2D eigenvalue weighted by Crippen LogP contribution is 2.26. The second-order valence-electron chi connectivity index (χ2n) is 23.2. The first-order valence-electron chi connectivity index (χ1n) is 34.0. The zero-order valence-electron chi connectivity index (χ0n) is 53.0. The molecular formula is C72H125NO10. The maximum Gasteiger partial charge on any atom is 0.306 e. The smallest absolute Gasteiger partial charge is 0.306 e. The Balaban J connectivity index is 2.66. The summed E-state index contributed by atoms with van der Waals surface area (Å²) >= 11 is 0. The van der Waals surface area contributed by atoms with Crippen molar-refractivity contribution in [2.45, 2.75) is 333 Å². The monoisotopic (exact) mass is 1160 g/mol. The fraction of sp³-hybridized carbons (Fsp3) is 0.750. The first kappa shape index (κ1) is 77.6. The Bertz CT molecular complexity index is 1720. The van der Waals surface area contributed by atoms with Crippen LogP contribution in [-0.4, -0.2) is 99.6 Å². The summed E-state index contributed by atoms with van der Waals surface area (Å²) in [5.74, 6) is -1.28. The summed E-state index contributed by atoms with van der Waals surface area (Å²) in [6, 6.07) is -1.07. The number of aliphatic hydroxyl groups excluding tert-OH is 5. The highest BCUT2D eigenvalue weighted by atomic mass is 16.7. The predicted molar refractivity (Wildman–Crippen MR) is 347 cm³/mol. The van der Waals surface area contributed by atoms with Crippen LogP contribution in [0, 0.1) is 0 Å². The van der Waals surface area contributed by atoms with E-state index in [9.17, 15) is 35.1 Å². The zero-order chi connectivity index (χ0) is 60.3. The molecule has 83 heavy (non-hydrogen) atoms. The first-order chi connectivity index (χ1) is 40.7. The van der Waals surface area contributed by atoms with Crippen LogP contribution < -0.4 is 5.32 Å². The van der Waals surface area contributed by atoms with E-state index in [4.69, 9.17) is 14.2 Å². The molecule has 0 aromatic rings. The number of hydrogen-bond acceptors (Lipinski definition) is 10. The molecule has 1 aliphatic rings. The van der Waals surface area contributed by atoms with Crippen LogP contribution in [0.4, 0.5) is 0 Å². The molecule has 1 saturated heterocycles. The first-order valence-corrected chi connectivity index (χ1v) is 34.0. The van der Waals surface area contributed by atoms with Gasteiger partial charge in [0.15, 0.2) is 12.4 Å². The van der Waals surface area contributed by atoms with Crippen LogP contribution in [0.15, 0.2) is 97.2 Å². The van der Waals surface area contributed by atoms with E-state index < -0.39 is 67.4 Å². The number of esters is 1. The highest BCUT2D eigenvalue weighted by molar-refractivity contribution is 5.81. The molecular weight excluding hydrogens is 1040 g/mol. The fourth-order valence-electron chi connectivity index (χ4n) is 10.1. The molecule has 0 bridgehead atoms. The topological polar surface area (TPSA) is 175 Å². The van der Waals surface area contributed by atoms with E-state index in [0.29, 0.717) is 12.8 Å². The fourth-order valence-corrected chi connectivity index (χ4v) is 10.1. The Kier molecular flexibility index (Phi) is 55.1. The van der Waals surface area contributed by atoms with E-state index in [1.807, 2.05) is 18.2 Å². The van der Waals surface area contributed by atoms with Crippen LogP contribution in [0.1, 0.15) is 284 Å². The third-order valence-electron chi connectivity index (χ3n) is 15.5. The second kappa shape index (κ2) is 58.9. The van der Waals surface area contributed by atoms with Crippen molar-refractivity contribution in [3.8, 4) is 0 Å². The summed E-state index contributed by atoms with van der Waals surface area (Å²) in [5, 5.41) is 57.0. The summed E-state index contributed by atoms with van der Waals surface area (Å²) in [7, 11) is 0. The van der Waals surface area contributed by atoms with Gasteiger partial charge in [-0.25, -0.2) is 0 Å². The van der Waals surface area contributed by atoms with Crippen LogP contribution in [0.5, 0.6) is 0 Å². The quantitative estimate of drug-likeness (QED) is 0.0195. The number of ether oxygens (including phenoxy) is 3. The van der Waals surface area contributed by atoms with E-state index in [1.165, 1.54) is 161 Å². The molecule has 0 saturated carbocycles. The van der Waals surface area contributed by atoms with Gasteiger partial charge in [-0.1, -0.05) is 285 Å².